The van der Waals surface area contributed by atoms with Gasteiger partial charge in [0.15, 0.2) is 6.10 Å². The number of hydrogen-bond donors (Lipinski definition) is 1. The van der Waals surface area contributed by atoms with Crippen molar-refractivity contribution in [2.45, 2.75) is 44.8 Å². The zero-order valence-corrected chi connectivity index (χ0v) is 22.6. The number of piperidine rings is 1. The van der Waals surface area contributed by atoms with Crippen molar-refractivity contribution in [2.75, 3.05) is 19.7 Å². The topological polar surface area (TPSA) is 134 Å². The van der Waals surface area contributed by atoms with Crippen LogP contribution in [0.25, 0.3) is 16.8 Å². The fourth-order valence-electron chi connectivity index (χ4n) is 6.11. The minimum atomic E-state index is -0.896. The average molecular weight is 557 g/mol. The number of aromatic nitrogens is 6. The third kappa shape index (κ3) is 4.72. The highest BCUT2D eigenvalue weighted by Gasteiger charge is 2.47. The summed E-state index contributed by atoms with van der Waals surface area (Å²) in [7, 11) is 0. The number of aliphatic hydroxyl groups excluding tert-OH is 1. The number of rotatable bonds is 7. The molecule has 6 rings (SSSR count). The van der Waals surface area contributed by atoms with Crippen molar-refractivity contribution in [1.29, 1.82) is 5.26 Å². The molecular formula is C29H29FN8O3. The fraction of sp³-hybridized carbons (Fsp3) is 0.379. The maximum absolute atomic E-state index is 13.4. The molecule has 1 spiro atoms. The van der Waals surface area contributed by atoms with Crippen LogP contribution in [0.4, 0.5) is 4.39 Å². The van der Waals surface area contributed by atoms with E-state index in [1.807, 2.05) is 16.5 Å². The molecule has 11 nitrogen and oxygen atoms in total. The Morgan fingerprint density at radius 1 is 1.34 bits per heavy atom. The van der Waals surface area contributed by atoms with Gasteiger partial charge in [0.05, 0.1) is 36.4 Å². The normalized spacial score (nSPS) is 17.3. The molecule has 2 aliphatic rings. The van der Waals surface area contributed by atoms with Crippen molar-refractivity contribution >= 4 is 11.4 Å². The van der Waals surface area contributed by atoms with E-state index < -0.39 is 18.5 Å². The summed E-state index contributed by atoms with van der Waals surface area (Å²) in [5.41, 5.74) is 3.52. The molecule has 0 radical (unpaired) electrons. The number of likely N-dealkylation sites (tertiary alicyclic amines) is 1. The highest BCUT2D eigenvalue weighted by Crippen LogP contribution is 2.55. The minimum absolute atomic E-state index is 0.00823. The Labute approximate surface area is 235 Å². The lowest BCUT2D eigenvalue weighted by Crippen LogP contribution is -2.49. The number of halogens is 1. The van der Waals surface area contributed by atoms with E-state index >= 15 is 0 Å². The van der Waals surface area contributed by atoms with Crippen molar-refractivity contribution in [3.05, 3.63) is 72.2 Å². The van der Waals surface area contributed by atoms with Gasteiger partial charge in [-0.05, 0) is 62.3 Å². The molecule has 41 heavy (non-hydrogen) atoms. The van der Waals surface area contributed by atoms with E-state index in [1.165, 1.54) is 24.4 Å². The van der Waals surface area contributed by atoms with Crippen LogP contribution in [0.1, 0.15) is 54.8 Å². The number of carbonyl (C=O) groups is 1. The van der Waals surface area contributed by atoms with Gasteiger partial charge in [-0.25, -0.2) is 13.6 Å². The number of ether oxygens (including phenoxy) is 1. The van der Waals surface area contributed by atoms with Crippen LogP contribution >= 0.6 is 0 Å². The van der Waals surface area contributed by atoms with Gasteiger partial charge < -0.3 is 14.7 Å². The number of pyridine rings is 2. The first-order chi connectivity index (χ1) is 19.8. The standard InChI is InChI=1S/C29H29FN8O3/c1-3-26(40)36-8-6-29(7-9-36)11-22(12-29)38-18(2)27(34-35-38)19-10-24(28-20(13-31)14-33-37(28)16-19)41-25(17-39)23-5-4-21(30)15-32-23/h3-5,10,14-16,22,25,39H,1,6-9,11-12,17H2,2H3. The van der Waals surface area contributed by atoms with E-state index in [0.717, 1.165) is 50.7 Å². The Kier molecular flexibility index (Phi) is 6.75. The van der Waals surface area contributed by atoms with Gasteiger partial charge in [-0.15, -0.1) is 5.10 Å². The van der Waals surface area contributed by atoms with Crippen LogP contribution in [0.15, 0.2) is 49.4 Å². The number of hydrogen-bond acceptors (Lipinski definition) is 8. The number of fused-ring (bicyclic) bond motifs is 1. The Balaban J connectivity index is 1.27. The van der Waals surface area contributed by atoms with Crippen LogP contribution in [0.2, 0.25) is 0 Å². The highest BCUT2D eigenvalue weighted by atomic mass is 19.1. The van der Waals surface area contributed by atoms with Crippen molar-refractivity contribution in [3.8, 4) is 23.1 Å². The van der Waals surface area contributed by atoms with Crippen molar-refractivity contribution in [3.63, 3.8) is 0 Å². The first-order valence-electron chi connectivity index (χ1n) is 13.5. The first-order valence-corrected chi connectivity index (χ1v) is 13.5. The van der Waals surface area contributed by atoms with Gasteiger partial charge in [-0.1, -0.05) is 11.8 Å². The van der Waals surface area contributed by atoms with Gasteiger partial charge in [0, 0.05) is 24.8 Å². The molecule has 1 saturated carbocycles. The molecule has 1 aliphatic heterocycles. The molecule has 12 heteroatoms. The second-order valence-corrected chi connectivity index (χ2v) is 10.8. The molecule has 2 fully saturated rings. The Hall–Kier alpha value is -4.63. The summed E-state index contributed by atoms with van der Waals surface area (Å²) in [4.78, 5) is 17.9. The van der Waals surface area contributed by atoms with Crippen LogP contribution in [-0.2, 0) is 4.79 Å². The van der Waals surface area contributed by atoms with Crippen LogP contribution in [0.5, 0.6) is 5.75 Å². The van der Waals surface area contributed by atoms with E-state index in [9.17, 15) is 19.6 Å². The summed E-state index contributed by atoms with van der Waals surface area (Å²) in [6.45, 7) is 6.65. The number of amides is 1. The van der Waals surface area contributed by atoms with Crippen LogP contribution in [0.3, 0.4) is 0 Å². The molecule has 1 unspecified atom stereocenters. The highest BCUT2D eigenvalue weighted by molar-refractivity contribution is 5.87. The second-order valence-electron chi connectivity index (χ2n) is 10.8. The maximum atomic E-state index is 13.4. The summed E-state index contributed by atoms with van der Waals surface area (Å²) < 4.78 is 23.1. The third-order valence-electron chi connectivity index (χ3n) is 8.41. The molecular weight excluding hydrogens is 527 g/mol. The number of carbonyl (C=O) groups excluding carboxylic acids is 1. The third-order valence-corrected chi connectivity index (χ3v) is 8.41. The zero-order valence-electron chi connectivity index (χ0n) is 22.6. The lowest BCUT2D eigenvalue weighted by Gasteiger charge is -2.52. The van der Waals surface area contributed by atoms with Crippen LogP contribution in [-0.4, -0.2) is 65.2 Å². The molecule has 0 aromatic carbocycles. The monoisotopic (exact) mass is 556 g/mol. The predicted octanol–water partition coefficient (Wildman–Crippen LogP) is 3.55. The van der Waals surface area contributed by atoms with Gasteiger partial charge in [0.2, 0.25) is 5.91 Å². The maximum Gasteiger partial charge on any atom is 0.245 e. The molecule has 4 aromatic rings. The van der Waals surface area contributed by atoms with E-state index in [2.05, 4.69) is 33.0 Å². The van der Waals surface area contributed by atoms with Gasteiger partial charge in [-0.2, -0.15) is 10.4 Å². The van der Waals surface area contributed by atoms with E-state index in [4.69, 9.17) is 4.74 Å². The Morgan fingerprint density at radius 3 is 2.78 bits per heavy atom. The summed E-state index contributed by atoms with van der Waals surface area (Å²) in [6.07, 6.45) is 8.65. The largest absolute Gasteiger partial charge is 0.479 e. The molecule has 4 aromatic heterocycles. The van der Waals surface area contributed by atoms with Gasteiger partial charge in [0.25, 0.3) is 0 Å². The number of aliphatic hydroxyl groups is 1. The lowest BCUT2D eigenvalue weighted by atomic mass is 9.60. The van der Waals surface area contributed by atoms with Crippen molar-refractivity contribution < 1.29 is 19.0 Å². The molecule has 1 aliphatic carbocycles. The number of nitrogens with zero attached hydrogens (tertiary/aromatic N) is 8. The van der Waals surface area contributed by atoms with Crippen LogP contribution < -0.4 is 4.74 Å². The van der Waals surface area contributed by atoms with Crippen molar-refractivity contribution in [1.82, 2.24) is 34.5 Å². The molecule has 0 bridgehead atoms. The Morgan fingerprint density at radius 2 is 2.12 bits per heavy atom. The molecule has 1 amide bonds. The second kappa shape index (κ2) is 10.4. The van der Waals surface area contributed by atoms with E-state index in [0.29, 0.717) is 33.8 Å². The van der Waals surface area contributed by atoms with Crippen LogP contribution in [0, 0.1) is 29.5 Å². The summed E-state index contributed by atoms with van der Waals surface area (Å²) in [6, 6.07) is 6.78. The zero-order chi connectivity index (χ0) is 28.7. The van der Waals surface area contributed by atoms with Gasteiger partial charge in [-0.3, -0.25) is 9.78 Å². The molecule has 1 saturated heterocycles. The van der Waals surface area contributed by atoms with E-state index in [-0.39, 0.29) is 17.4 Å². The van der Waals surface area contributed by atoms with Gasteiger partial charge >= 0.3 is 0 Å². The molecule has 5 heterocycles. The smallest absolute Gasteiger partial charge is 0.245 e. The lowest BCUT2D eigenvalue weighted by molar-refractivity contribution is -0.130. The fourth-order valence-corrected chi connectivity index (χ4v) is 6.11. The van der Waals surface area contributed by atoms with Gasteiger partial charge in [0.1, 0.15) is 34.4 Å². The summed E-state index contributed by atoms with van der Waals surface area (Å²) in [5, 5.41) is 33.0. The van der Waals surface area contributed by atoms with E-state index in [1.54, 1.807) is 16.8 Å². The first kappa shape index (κ1) is 26.6. The molecule has 210 valence electrons. The Bertz CT molecular complexity index is 1660. The quantitative estimate of drug-likeness (QED) is 0.342. The predicted molar refractivity (Wildman–Crippen MR) is 145 cm³/mol. The number of nitriles is 1. The average Bonchev–Trinajstić information content (AvgIpc) is 3.57. The van der Waals surface area contributed by atoms with Crippen molar-refractivity contribution in [2.24, 2.45) is 5.41 Å². The SMILES string of the molecule is C=CC(=O)N1CCC2(CC1)CC(n1nnc(-c3cc(OC(CO)c4ccc(F)cn4)c4c(C#N)cnn4c3)c1C)C2. The minimum Gasteiger partial charge on any atom is -0.479 e. The summed E-state index contributed by atoms with van der Waals surface area (Å²) in [5.74, 6) is -0.202. The molecule has 1 atom stereocenters. The molecule has 1 N–H and O–H groups in total. The summed E-state index contributed by atoms with van der Waals surface area (Å²) >= 11 is 0.